The second-order valence-electron chi connectivity index (χ2n) is 7.09. The van der Waals surface area contributed by atoms with Crippen LogP contribution in [0.1, 0.15) is 36.0 Å². The van der Waals surface area contributed by atoms with Crippen molar-refractivity contribution in [3.05, 3.63) is 102 Å². The number of hydrogen-bond acceptors (Lipinski definition) is 2. The molecule has 3 aromatic rings. The monoisotopic (exact) mass is 359 g/mol. The van der Waals surface area contributed by atoms with Crippen LogP contribution in [-0.2, 0) is 0 Å². The van der Waals surface area contributed by atoms with Crippen LogP contribution in [0.2, 0.25) is 0 Å². The molecule has 3 aromatic carbocycles. The van der Waals surface area contributed by atoms with Crippen molar-refractivity contribution in [3.8, 4) is 5.75 Å². The van der Waals surface area contributed by atoms with Gasteiger partial charge in [-0.25, -0.2) is 0 Å². The number of ether oxygens (including phenoxy) is 1. The summed E-state index contributed by atoms with van der Waals surface area (Å²) in [5.41, 5.74) is 3.92. The molecule has 0 heterocycles. The molecule has 1 N–H and O–H groups in total. The quantitative estimate of drug-likeness (QED) is 0.539. The molecule has 0 saturated carbocycles. The lowest BCUT2D eigenvalue weighted by atomic mass is 9.88. The summed E-state index contributed by atoms with van der Waals surface area (Å²) in [4.78, 5) is 0. The Morgan fingerprint density at radius 2 is 1.33 bits per heavy atom. The van der Waals surface area contributed by atoms with Crippen molar-refractivity contribution in [1.82, 2.24) is 5.32 Å². The smallest absolute Gasteiger partial charge is 0.122 e. The molecule has 140 valence electrons. The van der Waals surface area contributed by atoms with E-state index in [9.17, 15) is 0 Å². The van der Waals surface area contributed by atoms with E-state index in [2.05, 4.69) is 85.9 Å². The predicted molar refractivity (Wildman–Crippen MR) is 113 cm³/mol. The first kappa shape index (κ1) is 19.2. The Balaban J connectivity index is 1.54. The van der Waals surface area contributed by atoms with Crippen LogP contribution in [0.3, 0.4) is 0 Å². The van der Waals surface area contributed by atoms with Crippen molar-refractivity contribution < 1.29 is 4.74 Å². The van der Waals surface area contributed by atoms with E-state index < -0.39 is 0 Å². The van der Waals surface area contributed by atoms with Gasteiger partial charge in [-0.1, -0.05) is 78.9 Å². The van der Waals surface area contributed by atoms with Crippen molar-refractivity contribution in [2.24, 2.45) is 0 Å². The van der Waals surface area contributed by atoms with E-state index in [0.717, 1.165) is 18.7 Å². The zero-order chi connectivity index (χ0) is 18.9. The van der Waals surface area contributed by atoms with Crippen molar-refractivity contribution in [3.63, 3.8) is 0 Å². The molecule has 0 aliphatic carbocycles. The molecule has 0 aliphatic rings. The molecule has 1 atom stereocenters. The Morgan fingerprint density at radius 1 is 0.778 bits per heavy atom. The van der Waals surface area contributed by atoms with Gasteiger partial charge in [0.1, 0.15) is 12.4 Å². The highest BCUT2D eigenvalue weighted by Crippen LogP contribution is 2.27. The third-order valence-corrected chi connectivity index (χ3v) is 4.91. The van der Waals surface area contributed by atoms with Crippen LogP contribution < -0.4 is 10.1 Å². The molecular weight excluding hydrogens is 330 g/mol. The van der Waals surface area contributed by atoms with E-state index >= 15 is 0 Å². The lowest BCUT2D eigenvalue weighted by Crippen LogP contribution is -2.33. The van der Waals surface area contributed by atoms with Gasteiger partial charge in [0, 0.05) is 12.0 Å². The number of aryl methyl sites for hydroxylation is 1. The summed E-state index contributed by atoms with van der Waals surface area (Å²) in [5.74, 6) is 1.38. The number of para-hydroxylation sites is 1. The third-order valence-electron chi connectivity index (χ3n) is 4.91. The van der Waals surface area contributed by atoms with E-state index in [1.54, 1.807) is 0 Å². The van der Waals surface area contributed by atoms with Crippen molar-refractivity contribution >= 4 is 0 Å². The van der Waals surface area contributed by atoms with E-state index in [1.165, 1.54) is 16.7 Å². The van der Waals surface area contributed by atoms with Gasteiger partial charge in [-0.15, -0.1) is 0 Å². The highest BCUT2D eigenvalue weighted by atomic mass is 16.5. The van der Waals surface area contributed by atoms with Gasteiger partial charge in [-0.2, -0.15) is 0 Å². The minimum absolute atomic E-state index is 0.303. The van der Waals surface area contributed by atoms with Crippen molar-refractivity contribution in [2.75, 3.05) is 13.2 Å². The fourth-order valence-corrected chi connectivity index (χ4v) is 3.36. The number of benzene rings is 3. The molecule has 0 spiro atoms. The summed E-state index contributed by atoms with van der Waals surface area (Å²) in [6.07, 6.45) is 1.06. The predicted octanol–water partition coefficient (Wildman–Crippen LogP) is 5.57. The minimum Gasteiger partial charge on any atom is -0.492 e. The molecule has 0 saturated heterocycles. The Bertz CT molecular complexity index is 761. The van der Waals surface area contributed by atoms with Gasteiger partial charge in [0.2, 0.25) is 0 Å². The molecule has 0 aliphatic heterocycles. The Hall–Kier alpha value is -2.58. The number of nitrogens with one attached hydrogen (secondary N) is 1. The number of hydrogen-bond donors (Lipinski definition) is 1. The Kier molecular flexibility index (Phi) is 7.06. The lowest BCUT2D eigenvalue weighted by Gasteiger charge is -2.21. The number of rotatable bonds is 9. The maximum absolute atomic E-state index is 5.96. The molecule has 3 rings (SSSR count). The summed E-state index contributed by atoms with van der Waals surface area (Å²) >= 11 is 0. The van der Waals surface area contributed by atoms with Gasteiger partial charge < -0.3 is 10.1 Å². The second-order valence-corrected chi connectivity index (χ2v) is 7.09. The first-order chi connectivity index (χ1) is 13.2. The Morgan fingerprint density at radius 3 is 1.93 bits per heavy atom. The molecule has 27 heavy (non-hydrogen) atoms. The largest absolute Gasteiger partial charge is 0.492 e. The van der Waals surface area contributed by atoms with E-state index in [-0.39, 0.29) is 0 Å². The van der Waals surface area contributed by atoms with Gasteiger partial charge in [0.05, 0.1) is 0 Å². The maximum Gasteiger partial charge on any atom is 0.122 e. The third kappa shape index (κ3) is 5.70. The summed E-state index contributed by atoms with van der Waals surface area (Å²) in [6, 6.07) is 30.0. The topological polar surface area (TPSA) is 21.3 Å². The van der Waals surface area contributed by atoms with Crippen LogP contribution in [0.4, 0.5) is 0 Å². The van der Waals surface area contributed by atoms with E-state index in [4.69, 9.17) is 4.74 Å². The molecule has 0 fully saturated rings. The highest BCUT2D eigenvalue weighted by Gasteiger charge is 2.14. The summed E-state index contributed by atoms with van der Waals surface area (Å²) in [6.45, 7) is 5.88. The molecule has 2 nitrogen and oxygen atoms in total. The Labute approximate surface area is 163 Å². The average Bonchev–Trinajstić information content (AvgIpc) is 2.72. The fraction of sp³-hybridized carbons (Fsp3) is 0.280. The lowest BCUT2D eigenvalue weighted by molar-refractivity contribution is 0.271. The molecule has 0 aromatic heterocycles. The van der Waals surface area contributed by atoms with Crippen LogP contribution in [0.5, 0.6) is 5.75 Å². The molecule has 2 heteroatoms. The summed E-state index contributed by atoms with van der Waals surface area (Å²) < 4.78 is 5.96. The molecule has 0 radical (unpaired) electrons. The molecular formula is C25H29NO. The van der Waals surface area contributed by atoms with Gasteiger partial charge in [0.15, 0.2) is 0 Å². The van der Waals surface area contributed by atoms with E-state index in [1.807, 2.05) is 18.2 Å². The van der Waals surface area contributed by atoms with Gasteiger partial charge in [-0.05, 0) is 49.6 Å². The molecule has 0 bridgehead atoms. The summed E-state index contributed by atoms with van der Waals surface area (Å²) in [5, 5.41) is 3.62. The van der Waals surface area contributed by atoms with Crippen molar-refractivity contribution in [1.29, 1.82) is 0 Å². The van der Waals surface area contributed by atoms with Crippen LogP contribution in [0.25, 0.3) is 0 Å². The van der Waals surface area contributed by atoms with Gasteiger partial charge >= 0.3 is 0 Å². The molecule has 0 amide bonds. The maximum atomic E-state index is 5.96. The second kappa shape index (κ2) is 9.94. The normalized spacial score (nSPS) is 12.1. The minimum atomic E-state index is 0.303. The van der Waals surface area contributed by atoms with Crippen molar-refractivity contribution in [2.45, 2.75) is 32.2 Å². The van der Waals surface area contributed by atoms with Crippen LogP contribution >= 0.6 is 0 Å². The van der Waals surface area contributed by atoms with Crippen LogP contribution in [0.15, 0.2) is 84.9 Å². The average molecular weight is 360 g/mol. The van der Waals surface area contributed by atoms with Crippen LogP contribution in [-0.4, -0.2) is 19.2 Å². The van der Waals surface area contributed by atoms with E-state index in [0.29, 0.717) is 18.6 Å². The highest BCUT2D eigenvalue weighted by molar-refractivity contribution is 5.33. The summed E-state index contributed by atoms with van der Waals surface area (Å²) in [7, 11) is 0. The first-order valence-corrected chi connectivity index (χ1v) is 9.75. The fourth-order valence-electron chi connectivity index (χ4n) is 3.36. The van der Waals surface area contributed by atoms with Crippen LogP contribution in [0, 0.1) is 6.92 Å². The first-order valence-electron chi connectivity index (χ1n) is 9.75. The van der Waals surface area contributed by atoms with Gasteiger partial charge in [-0.3, -0.25) is 0 Å². The zero-order valence-electron chi connectivity index (χ0n) is 16.3. The van der Waals surface area contributed by atoms with Gasteiger partial charge in [0.25, 0.3) is 0 Å². The zero-order valence-corrected chi connectivity index (χ0v) is 16.3. The standard InChI is InChI=1S/C25H29NO/c1-20-11-9-10-16-25(20)27-19-21(2)26-18-17-24(22-12-5-3-6-13-22)23-14-7-4-8-15-23/h3-16,21,24,26H,17-19H2,1-2H3/t21-/m1/s1. The molecule has 0 unspecified atom stereocenters. The SMILES string of the molecule is Cc1ccccc1OC[C@@H](C)NCCC(c1ccccc1)c1ccccc1.